The Morgan fingerprint density at radius 1 is 1.25 bits per heavy atom. The van der Waals surface area contributed by atoms with Gasteiger partial charge in [-0.15, -0.1) is 0 Å². The van der Waals surface area contributed by atoms with E-state index in [1.807, 2.05) is 7.05 Å². The molecule has 0 spiro atoms. The third kappa shape index (κ3) is 4.97. The Labute approximate surface area is 99.4 Å². The summed E-state index contributed by atoms with van der Waals surface area (Å²) in [6, 6.07) is 0. The Bertz CT molecular complexity index is 220. The summed E-state index contributed by atoms with van der Waals surface area (Å²) in [7, 11) is 1.95. The molecule has 3 heteroatoms. The van der Waals surface area contributed by atoms with Crippen molar-refractivity contribution in [2.24, 2.45) is 11.3 Å². The average Bonchev–Trinajstić information content (AvgIpc) is 2.68. The summed E-state index contributed by atoms with van der Waals surface area (Å²) in [6.45, 7) is 6.02. The molecular weight excluding hydrogens is 200 g/mol. The van der Waals surface area contributed by atoms with Gasteiger partial charge < -0.3 is 10.6 Å². The lowest BCUT2D eigenvalue weighted by atomic mass is 9.93. The summed E-state index contributed by atoms with van der Waals surface area (Å²) in [6.07, 6.45) is 5.84. The van der Waals surface area contributed by atoms with Crippen LogP contribution < -0.4 is 10.6 Å². The molecule has 0 atom stereocenters. The number of hydrogen-bond acceptors (Lipinski definition) is 2. The molecule has 0 heterocycles. The van der Waals surface area contributed by atoms with Crippen molar-refractivity contribution < 1.29 is 4.79 Å². The van der Waals surface area contributed by atoms with Crippen molar-refractivity contribution in [2.45, 2.75) is 46.0 Å². The van der Waals surface area contributed by atoms with Gasteiger partial charge in [0.25, 0.3) is 0 Å². The molecule has 0 aromatic carbocycles. The first-order valence-electron chi connectivity index (χ1n) is 6.45. The van der Waals surface area contributed by atoms with Crippen LogP contribution in [0.3, 0.4) is 0 Å². The number of hydrogen-bond donors (Lipinski definition) is 2. The normalized spacial score (nSPS) is 17.7. The number of carbonyl (C=O) groups excluding carboxylic acids is 1. The highest BCUT2D eigenvalue weighted by Crippen LogP contribution is 2.27. The van der Waals surface area contributed by atoms with Gasteiger partial charge in [0.15, 0.2) is 0 Å². The Hall–Kier alpha value is -0.570. The fourth-order valence-electron chi connectivity index (χ4n) is 2.43. The molecule has 0 aromatic rings. The summed E-state index contributed by atoms with van der Waals surface area (Å²) in [5.41, 5.74) is 0.139. The fourth-order valence-corrected chi connectivity index (χ4v) is 2.43. The average molecular weight is 226 g/mol. The minimum absolute atomic E-state index is 0.139. The molecule has 0 aliphatic heterocycles. The Kier molecular flexibility index (Phi) is 5.26. The molecule has 3 nitrogen and oxygen atoms in total. The van der Waals surface area contributed by atoms with Crippen LogP contribution in [-0.4, -0.2) is 26.0 Å². The van der Waals surface area contributed by atoms with Crippen LogP contribution in [0.1, 0.15) is 46.0 Å². The van der Waals surface area contributed by atoms with Crippen LogP contribution >= 0.6 is 0 Å². The first-order valence-corrected chi connectivity index (χ1v) is 6.45. The third-order valence-corrected chi connectivity index (χ3v) is 3.37. The highest BCUT2D eigenvalue weighted by molar-refractivity contribution is 5.76. The Morgan fingerprint density at radius 3 is 2.44 bits per heavy atom. The molecule has 1 amide bonds. The lowest BCUT2D eigenvalue weighted by Gasteiger charge is -2.24. The van der Waals surface area contributed by atoms with Gasteiger partial charge >= 0.3 is 0 Å². The van der Waals surface area contributed by atoms with Crippen molar-refractivity contribution in [1.82, 2.24) is 10.6 Å². The van der Waals surface area contributed by atoms with Gasteiger partial charge in [-0.1, -0.05) is 26.7 Å². The number of carbonyl (C=O) groups is 1. The SMILES string of the molecule is CNCC(C)(C)CNC(=O)CC1CCCC1. The summed E-state index contributed by atoms with van der Waals surface area (Å²) in [5.74, 6) is 0.878. The molecule has 0 radical (unpaired) electrons. The van der Waals surface area contributed by atoms with Gasteiger partial charge in [-0.25, -0.2) is 0 Å². The lowest BCUT2D eigenvalue weighted by molar-refractivity contribution is -0.122. The molecule has 0 saturated heterocycles. The first kappa shape index (κ1) is 13.5. The van der Waals surface area contributed by atoms with E-state index in [1.165, 1.54) is 25.7 Å². The predicted molar refractivity (Wildman–Crippen MR) is 67.3 cm³/mol. The van der Waals surface area contributed by atoms with Crippen LogP contribution in [0.25, 0.3) is 0 Å². The summed E-state index contributed by atoms with van der Waals surface area (Å²) < 4.78 is 0. The van der Waals surface area contributed by atoms with Gasteiger partial charge in [-0.2, -0.15) is 0 Å². The molecule has 2 N–H and O–H groups in total. The minimum Gasteiger partial charge on any atom is -0.356 e. The third-order valence-electron chi connectivity index (χ3n) is 3.37. The standard InChI is InChI=1S/C13H26N2O/c1-13(2,9-14-3)10-15-12(16)8-11-6-4-5-7-11/h11,14H,4-10H2,1-3H3,(H,15,16). The second-order valence-electron chi connectivity index (χ2n) is 5.83. The van der Waals surface area contributed by atoms with Gasteiger partial charge in [0.1, 0.15) is 0 Å². The summed E-state index contributed by atoms with van der Waals surface area (Å²) in [4.78, 5) is 11.7. The molecule has 1 aliphatic rings. The van der Waals surface area contributed by atoms with Gasteiger partial charge in [0, 0.05) is 19.5 Å². The van der Waals surface area contributed by atoms with Gasteiger partial charge in [-0.05, 0) is 31.2 Å². The predicted octanol–water partition coefficient (Wildman–Crippen LogP) is 1.93. The highest BCUT2D eigenvalue weighted by atomic mass is 16.1. The molecule has 16 heavy (non-hydrogen) atoms. The molecule has 1 saturated carbocycles. The van der Waals surface area contributed by atoms with Crippen molar-refractivity contribution in [3.63, 3.8) is 0 Å². The van der Waals surface area contributed by atoms with Crippen molar-refractivity contribution in [2.75, 3.05) is 20.1 Å². The quantitative estimate of drug-likeness (QED) is 0.726. The molecular formula is C13H26N2O. The van der Waals surface area contributed by atoms with E-state index in [0.717, 1.165) is 19.5 Å². The van der Waals surface area contributed by atoms with E-state index in [1.54, 1.807) is 0 Å². The molecule has 0 unspecified atom stereocenters. The molecule has 0 aromatic heterocycles. The molecule has 94 valence electrons. The second-order valence-corrected chi connectivity index (χ2v) is 5.83. The van der Waals surface area contributed by atoms with Crippen molar-refractivity contribution in [3.8, 4) is 0 Å². The first-order chi connectivity index (χ1) is 7.53. The van der Waals surface area contributed by atoms with E-state index in [2.05, 4.69) is 24.5 Å². The van der Waals surface area contributed by atoms with Crippen LogP contribution in [0.2, 0.25) is 0 Å². The lowest BCUT2D eigenvalue weighted by Crippen LogP contribution is -2.39. The minimum atomic E-state index is 0.139. The van der Waals surface area contributed by atoms with E-state index >= 15 is 0 Å². The van der Waals surface area contributed by atoms with E-state index in [4.69, 9.17) is 0 Å². The number of nitrogens with one attached hydrogen (secondary N) is 2. The summed E-state index contributed by atoms with van der Waals surface area (Å²) in [5, 5.41) is 6.21. The van der Waals surface area contributed by atoms with Crippen molar-refractivity contribution in [3.05, 3.63) is 0 Å². The number of rotatable bonds is 6. The highest BCUT2D eigenvalue weighted by Gasteiger charge is 2.21. The Balaban J connectivity index is 2.18. The van der Waals surface area contributed by atoms with Crippen LogP contribution in [0.5, 0.6) is 0 Å². The molecule has 1 rings (SSSR count). The van der Waals surface area contributed by atoms with Gasteiger partial charge in [-0.3, -0.25) is 4.79 Å². The topological polar surface area (TPSA) is 41.1 Å². The zero-order valence-corrected chi connectivity index (χ0v) is 10.9. The monoisotopic (exact) mass is 226 g/mol. The smallest absolute Gasteiger partial charge is 0.220 e. The van der Waals surface area contributed by atoms with Crippen molar-refractivity contribution >= 4 is 5.91 Å². The van der Waals surface area contributed by atoms with E-state index in [0.29, 0.717) is 5.92 Å². The molecule has 1 fully saturated rings. The van der Waals surface area contributed by atoms with Crippen molar-refractivity contribution in [1.29, 1.82) is 0 Å². The maximum Gasteiger partial charge on any atom is 0.220 e. The number of amides is 1. The van der Waals surface area contributed by atoms with Gasteiger partial charge in [0.2, 0.25) is 5.91 Å². The maximum absolute atomic E-state index is 11.7. The van der Waals surface area contributed by atoms with Crippen LogP contribution in [0.15, 0.2) is 0 Å². The van der Waals surface area contributed by atoms with Gasteiger partial charge in [0.05, 0.1) is 0 Å². The summed E-state index contributed by atoms with van der Waals surface area (Å²) >= 11 is 0. The van der Waals surface area contributed by atoms with Crippen LogP contribution in [0, 0.1) is 11.3 Å². The largest absolute Gasteiger partial charge is 0.356 e. The van der Waals surface area contributed by atoms with E-state index in [9.17, 15) is 4.79 Å². The van der Waals surface area contributed by atoms with E-state index < -0.39 is 0 Å². The van der Waals surface area contributed by atoms with E-state index in [-0.39, 0.29) is 11.3 Å². The zero-order chi connectivity index (χ0) is 12.0. The van der Waals surface area contributed by atoms with Crippen LogP contribution in [-0.2, 0) is 4.79 Å². The molecule has 0 bridgehead atoms. The van der Waals surface area contributed by atoms with Crippen LogP contribution in [0.4, 0.5) is 0 Å². The zero-order valence-electron chi connectivity index (χ0n) is 10.9. The Morgan fingerprint density at radius 2 is 1.88 bits per heavy atom. The molecule has 1 aliphatic carbocycles. The second kappa shape index (κ2) is 6.24. The maximum atomic E-state index is 11.7. The fraction of sp³-hybridized carbons (Fsp3) is 0.923.